The molecule has 1 fully saturated rings. The molecule has 0 aliphatic heterocycles. The van der Waals surface area contributed by atoms with Gasteiger partial charge in [0.15, 0.2) is 5.01 Å². The number of rotatable bonds is 8. The lowest BCUT2D eigenvalue weighted by molar-refractivity contribution is 0.0920. The van der Waals surface area contributed by atoms with E-state index < -0.39 is 0 Å². The average Bonchev–Trinajstić information content (AvgIpc) is 3.41. The molecule has 6 N–H and O–H groups in total. The third kappa shape index (κ3) is 5.92. The summed E-state index contributed by atoms with van der Waals surface area (Å²) in [6, 6.07) is 2.08. The van der Waals surface area contributed by atoms with Gasteiger partial charge in [-0.25, -0.2) is 20.8 Å². The molecule has 12 heteroatoms. The van der Waals surface area contributed by atoms with E-state index in [1.165, 1.54) is 28.7 Å². The lowest BCUT2D eigenvalue weighted by atomic mass is 9.90. The van der Waals surface area contributed by atoms with Crippen LogP contribution in [0.15, 0.2) is 30.4 Å². The lowest BCUT2D eigenvalue weighted by Crippen LogP contribution is -2.39. The summed E-state index contributed by atoms with van der Waals surface area (Å²) in [6.45, 7) is 4.04. The molecular weight excluding hydrogens is 488 g/mol. The zero-order chi connectivity index (χ0) is 25.1. The van der Waals surface area contributed by atoms with E-state index in [0.29, 0.717) is 21.1 Å². The third-order valence-corrected chi connectivity index (χ3v) is 7.11. The molecule has 0 spiro atoms. The van der Waals surface area contributed by atoms with Crippen molar-refractivity contribution in [2.45, 2.75) is 58.0 Å². The molecule has 10 nitrogen and oxygen atoms in total. The summed E-state index contributed by atoms with van der Waals surface area (Å²) in [4.78, 5) is 26.1. The summed E-state index contributed by atoms with van der Waals surface area (Å²) in [5.41, 5.74) is 7.68. The zero-order valence-electron chi connectivity index (χ0n) is 19.8. The molecule has 0 bridgehead atoms. The van der Waals surface area contributed by atoms with E-state index in [2.05, 4.69) is 33.7 Å². The third-order valence-electron chi connectivity index (χ3n) is 6.00. The van der Waals surface area contributed by atoms with Gasteiger partial charge in [0.1, 0.15) is 21.5 Å². The van der Waals surface area contributed by atoms with Gasteiger partial charge in [-0.1, -0.05) is 36.8 Å². The number of hydrazine groups is 1. The number of hydrogen-bond donors (Lipinski definition) is 4. The van der Waals surface area contributed by atoms with Crippen molar-refractivity contribution in [3.05, 3.63) is 45.5 Å². The van der Waals surface area contributed by atoms with E-state index in [1.54, 1.807) is 6.20 Å². The van der Waals surface area contributed by atoms with Crippen molar-refractivity contribution in [1.82, 2.24) is 24.8 Å². The summed E-state index contributed by atoms with van der Waals surface area (Å²) < 4.78 is 2.78. The molecule has 3 heterocycles. The van der Waals surface area contributed by atoms with Crippen LogP contribution in [0.3, 0.4) is 0 Å². The molecule has 1 aliphatic rings. The lowest BCUT2D eigenvalue weighted by Gasteiger charge is -2.32. The number of nitrogens with zero attached hydrogens (tertiary/aromatic N) is 5. The Morgan fingerprint density at radius 2 is 2.20 bits per heavy atom. The van der Waals surface area contributed by atoms with E-state index in [-0.39, 0.29) is 30.3 Å². The molecule has 3 aromatic heterocycles. The highest BCUT2D eigenvalue weighted by molar-refractivity contribution is 7.17. The first-order chi connectivity index (χ1) is 16.7. The quantitative estimate of drug-likeness (QED) is 0.262. The Bertz CT molecular complexity index is 1220. The Labute approximate surface area is 213 Å². The van der Waals surface area contributed by atoms with Gasteiger partial charge in [0.25, 0.3) is 5.91 Å². The number of aliphatic hydroxyl groups excluding tert-OH is 1. The second kappa shape index (κ2) is 10.9. The standard InChI is InChI=1S/C23H31ClN8O2S/c1-13(2)6-21-30-17-9-27-20(31(26)11-14(25)12-33)8-18(17)32(21)16-5-3-4-15(7-16)29-22(34)23-28-10-19(24)35-23/h8-11,13,15-16,33H,3-7,12,25-26H2,1-2H3,(H,29,34)/b14-11-. The maximum absolute atomic E-state index is 12.7. The van der Waals surface area contributed by atoms with E-state index in [4.69, 9.17) is 28.2 Å². The van der Waals surface area contributed by atoms with Crippen LogP contribution >= 0.6 is 22.9 Å². The predicted molar refractivity (Wildman–Crippen MR) is 138 cm³/mol. The Balaban J connectivity index is 1.64. The summed E-state index contributed by atoms with van der Waals surface area (Å²) in [5, 5.41) is 14.0. The number of anilines is 1. The summed E-state index contributed by atoms with van der Waals surface area (Å²) in [7, 11) is 0. The van der Waals surface area contributed by atoms with Gasteiger partial charge in [-0.15, -0.1) is 0 Å². The Kier molecular flexibility index (Phi) is 7.90. The number of nitrogens with two attached hydrogens (primary N) is 2. The van der Waals surface area contributed by atoms with Crippen LogP contribution in [0.5, 0.6) is 0 Å². The van der Waals surface area contributed by atoms with Crippen molar-refractivity contribution in [1.29, 1.82) is 0 Å². The molecule has 4 rings (SSSR count). The van der Waals surface area contributed by atoms with Crippen molar-refractivity contribution in [2.75, 3.05) is 11.6 Å². The smallest absolute Gasteiger partial charge is 0.280 e. The van der Waals surface area contributed by atoms with Gasteiger partial charge in [0.2, 0.25) is 0 Å². The highest BCUT2D eigenvalue weighted by Crippen LogP contribution is 2.34. The molecule has 1 amide bonds. The van der Waals surface area contributed by atoms with Crippen LogP contribution in [0.1, 0.15) is 61.2 Å². The number of hydrogen-bond acceptors (Lipinski definition) is 9. The molecular formula is C23H31ClN8O2S. The number of pyridine rings is 1. The second-order valence-electron chi connectivity index (χ2n) is 9.26. The van der Waals surface area contributed by atoms with Gasteiger partial charge < -0.3 is 20.7 Å². The van der Waals surface area contributed by atoms with Crippen LogP contribution in [-0.4, -0.2) is 43.2 Å². The second-order valence-corrected chi connectivity index (χ2v) is 10.9. The molecule has 3 aromatic rings. The zero-order valence-corrected chi connectivity index (χ0v) is 21.4. The van der Waals surface area contributed by atoms with E-state index in [1.807, 2.05) is 6.07 Å². The van der Waals surface area contributed by atoms with Crippen molar-refractivity contribution in [3.8, 4) is 0 Å². The normalized spacial score (nSPS) is 18.9. The van der Waals surface area contributed by atoms with Gasteiger partial charge in [-0.2, -0.15) is 0 Å². The number of thiazole rings is 1. The van der Waals surface area contributed by atoms with Crippen LogP contribution in [0.4, 0.5) is 5.82 Å². The van der Waals surface area contributed by atoms with Crippen LogP contribution < -0.4 is 21.9 Å². The molecule has 1 saturated carbocycles. The molecule has 35 heavy (non-hydrogen) atoms. The van der Waals surface area contributed by atoms with Gasteiger partial charge >= 0.3 is 0 Å². The largest absolute Gasteiger partial charge is 0.399 e. The van der Waals surface area contributed by atoms with Gasteiger partial charge in [0.05, 0.1) is 30.2 Å². The number of nitrogens with one attached hydrogen (secondary N) is 1. The number of imidazole rings is 1. The molecule has 188 valence electrons. The monoisotopic (exact) mass is 518 g/mol. The fraction of sp³-hybridized carbons (Fsp3) is 0.478. The fourth-order valence-corrected chi connectivity index (χ4v) is 5.33. The molecule has 0 aromatic carbocycles. The first-order valence-electron chi connectivity index (χ1n) is 11.6. The van der Waals surface area contributed by atoms with E-state index >= 15 is 0 Å². The molecule has 2 atom stereocenters. The van der Waals surface area contributed by atoms with Gasteiger partial charge in [-0.05, 0) is 31.6 Å². The number of amides is 1. The van der Waals surface area contributed by atoms with Crippen molar-refractivity contribution in [3.63, 3.8) is 0 Å². The highest BCUT2D eigenvalue weighted by Gasteiger charge is 2.29. The van der Waals surface area contributed by atoms with Gasteiger partial charge in [0, 0.05) is 30.8 Å². The summed E-state index contributed by atoms with van der Waals surface area (Å²) >= 11 is 7.13. The average molecular weight is 519 g/mol. The van der Waals surface area contributed by atoms with Crippen molar-refractivity contribution >= 4 is 45.7 Å². The first-order valence-corrected chi connectivity index (χ1v) is 12.8. The van der Waals surface area contributed by atoms with Crippen LogP contribution in [0.2, 0.25) is 4.34 Å². The Hall–Kier alpha value is -2.73. The number of fused-ring (bicyclic) bond motifs is 1. The number of carbonyl (C=O) groups is 1. The SMILES string of the molecule is CC(C)Cc1nc2cnc(N(N)/C=C(\N)CO)cc2n1C1CCCC(NC(=O)c2ncc(Cl)s2)C1. The molecule has 0 saturated heterocycles. The van der Waals surface area contributed by atoms with Crippen molar-refractivity contribution in [2.24, 2.45) is 17.5 Å². The summed E-state index contributed by atoms with van der Waals surface area (Å²) in [5.74, 6) is 7.84. The molecule has 1 aliphatic carbocycles. The minimum absolute atomic E-state index is 0.0212. The minimum Gasteiger partial charge on any atom is -0.399 e. The predicted octanol–water partition coefficient (Wildman–Crippen LogP) is 3.13. The molecule has 2 unspecified atom stereocenters. The summed E-state index contributed by atoms with van der Waals surface area (Å²) in [6.07, 6.45) is 9.11. The number of halogens is 1. The number of aliphatic hydroxyl groups is 1. The number of carbonyl (C=O) groups excluding carboxylic acids is 1. The van der Waals surface area contributed by atoms with E-state index in [0.717, 1.165) is 49.0 Å². The van der Waals surface area contributed by atoms with Gasteiger partial charge in [-0.3, -0.25) is 9.80 Å². The first kappa shape index (κ1) is 25.4. The highest BCUT2D eigenvalue weighted by atomic mass is 35.5. The minimum atomic E-state index is -0.297. The van der Waals surface area contributed by atoms with E-state index in [9.17, 15) is 9.90 Å². The molecule has 0 radical (unpaired) electrons. The topological polar surface area (TPSA) is 148 Å². The maximum Gasteiger partial charge on any atom is 0.280 e. The fourth-order valence-electron chi connectivity index (χ4n) is 4.52. The van der Waals surface area contributed by atoms with Crippen LogP contribution in [0, 0.1) is 5.92 Å². The Morgan fingerprint density at radius 1 is 1.40 bits per heavy atom. The van der Waals surface area contributed by atoms with Crippen LogP contribution in [0.25, 0.3) is 11.0 Å². The maximum atomic E-state index is 12.7. The van der Waals surface area contributed by atoms with Crippen molar-refractivity contribution < 1.29 is 9.90 Å². The van der Waals surface area contributed by atoms with Crippen LogP contribution in [-0.2, 0) is 6.42 Å². The Morgan fingerprint density at radius 3 is 2.89 bits per heavy atom. The number of aromatic nitrogens is 4.